The number of hydrogen-bond acceptors (Lipinski definition) is 4. The molecule has 0 saturated heterocycles. The van der Waals surface area contributed by atoms with Crippen molar-refractivity contribution in [1.82, 2.24) is 19.1 Å². The van der Waals surface area contributed by atoms with Gasteiger partial charge in [0.05, 0.1) is 61.5 Å². The average molecular weight is 728 g/mol. The predicted octanol–water partition coefficient (Wildman–Crippen LogP) is 12.9. The molecule has 0 unspecified atom stereocenters. The first-order valence-electron chi connectivity index (χ1n) is 19.0. The lowest BCUT2D eigenvalue weighted by Crippen LogP contribution is -2.01. The van der Waals surface area contributed by atoms with Crippen LogP contribution in [0, 0.1) is 11.3 Å². The third kappa shape index (κ3) is 4.45. The van der Waals surface area contributed by atoms with Gasteiger partial charge in [0, 0.05) is 49.4 Å². The van der Waals surface area contributed by atoms with Gasteiger partial charge in [0.15, 0.2) is 0 Å². The number of fused-ring (bicyclic) bond motifs is 13. The molecule has 0 bridgehead atoms. The van der Waals surface area contributed by atoms with Gasteiger partial charge >= 0.3 is 0 Å². The smallest absolute Gasteiger partial charge is 0.146 e. The maximum Gasteiger partial charge on any atom is 0.146 e. The van der Waals surface area contributed by atoms with E-state index in [1.807, 2.05) is 72.8 Å². The summed E-state index contributed by atoms with van der Waals surface area (Å²) in [6, 6.07) is 62.7. The molecular formula is C51H29N5O. The minimum Gasteiger partial charge on any atom is -0.455 e. The van der Waals surface area contributed by atoms with Crippen molar-refractivity contribution in [3.63, 3.8) is 0 Å². The van der Waals surface area contributed by atoms with Gasteiger partial charge in [0.25, 0.3) is 0 Å². The summed E-state index contributed by atoms with van der Waals surface area (Å²) in [6.45, 7) is 0. The van der Waals surface area contributed by atoms with Crippen molar-refractivity contribution in [2.24, 2.45) is 0 Å². The predicted molar refractivity (Wildman–Crippen MR) is 231 cm³/mol. The Morgan fingerprint density at radius 3 is 1.75 bits per heavy atom. The van der Waals surface area contributed by atoms with E-state index in [-0.39, 0.29) is 0 Å². The molecule has 6 heteroatoms. The first-order chi connectivity index (χ1) is 28.3. The number of aromatic nitrogens is 4. The molecule has 8 aromatic carbocycles. The van der Waals surface area contributed by atoms with Gasteiger partial charge in [-0.3, -0.25) is 0 Å². The average Bonchev–Trinajstić information content (AvgIpc) is 3.94. The van der Waals surface area contributed by atoms with E-state index in [9.17, 15) is 5.26 Å². The second-order valence-electron chi connectivity index (χ2n) is 14.4. The monoisotopic (exact) mass is 727 g/mol. The van der Waals surface area contributed by atoms with Crippen molar-refractivity contribution < 1.29 is 4.42 Å². The van der Waals surface area contributed by atoms with Gasteiger partial charge in [-0.15, -0.1) is 0 Å². The Balaban J connectivity index is 1.24. The van der Waals surface area contributed by atoms with E-state index in [2.05, 4.69) is 118 Å². The normalized spacial score (nSPS) is 11.8. The third-order valence-electron chi connectivity index (χ3n) is 11.3. The van der Waals surface area contributed by atoms with Crippen molar-refractivity contribution in [2.75, 3.05) is 0 Å². The molecule has 57 heavy (non-hydrogen) atoms. The molecule has 0 radical (unpaired) electrons. The van der Waals surface area contributed by atoms with Crippen molar-refractivity contribution >= 4 is 76.6 Å². The first kappa shape index (κ1) is 31.4. The van der Waals surface area contributed by atoms with Gasteiger partial charge in [-0.25, -0.2) is 9.97 Å². The molecule has 0 spiro atoms. The lowest BCUT2D eigenvalue weighted by Gasteiger charge is -2.15. The number of benzene rings is 8. The van der Waals surface area contributed by atoms with Gasteiger partial charge in [0.1, 0.15) is 11.2 Å². The summed E-state index contributed by atoms with van der Waals surface area (Å²) in [4.78, 5) is 10.3. The molecule has 264 valence electrons. The summed E-state index contributed by atoms with van der Waals surface area (Å²) in [7, 11) is 0. The van der Waals surface area contributed by atoms with Crippen molar-refractivity contribution in [3.8, 4) is 40.0 Å². The zero-order chi connectivity index (χ0) is 37.6. The molecule has 12 aromatic rings. The van der Waals surface area contributed by atoms with Gasteiger partial charge in [-0.1, -0.05) is 115 Å². The van der Waals surface area contributed by atoms with E-state index >= 15 is 0 Å². The molecule has 6 nitrogen and oxygen atoms in total. The second kappa shape index (κ2) is 12.0. The number of para-hydroxylation sites is 6. The molecule has 12 rings (SSSR count). The van der Waals surface area contributed by atoms with Crippen LogP contribution in [0.3, 0.4) is 0 Å². The standard InChI is InChI=1S/C51H29N5O/c52-30-32-29-34(27-28-35(32)48-47(31-15-3-1-4-16-31)53-39-22-10-11-23-40(39)54-48)56-41-24-12-7-19-36(41)44-45-38-21-9-14-26-43(38)57-51(45)46-37-20-8-13-25-42(37)55(50(46)49(44)56)33-17-5-2-6-18-33/h1-29H. The summed E-state index contributed by atoms with van der Waals surface area (Å²) in [5, 5.41) is 17.5. The van der Waals surface area contributed by atoms with E-state index in [1.54, 1.807) is 0 Å². The zero-order valence-corrected chi connectivity index (χ0v) is 30.4. The number of nitrogens with zero attached hydrogens (tertiary/aromatic N) is 5. The molecule has 0 amide bonds. The molecule has 0 atom stereocenters. The minimum atomic E-state index is 0.509. The Kier molecular flexibility index (Phi) is 6.60. The minimum absolute atomic E-state index is 0.509. The van der Waals surface area contributed by atoms with Gasteiger partial charge in [-0.05, 0) is 60.7 Å². The highest BCUT2D eigenvalue weighted by molar-refractivity contribution is 6.39. The maximum atomic E-state index is 11.0. The SMILES string of the molecule is N#Cc1cc(-n2c3ccccc3c3c4c5ccccc5oc4c4c5ccccc5n(-c5ccccc5)c4c32)ccc1-c1nc2ccccc2nc1-c1ccccc1. The van der Waals surface area contributed by atoms with Crippen LogP contribution in [0.25, 0.3) is 110 Å². The molecule has 0 N–H and O–H groups in total. The topological polar surface area (TPSA) is 72.6 Å². The van der Waals surface area contributed by atoms with Gasteiger partial charge in [-0.2, -0.15) is 5.26 Å². The van der Waals surface area contributed by atoms with Crippen molar-refractivity contribution in [2.45, 2.75) is 0 Å². The van der Waals surface area contributed by atoms with Crippen LogP contribution in [-0.2, 0) is 0 Å². The summed E-state index contributed by atoms with van der Waals surface area (Å²) >= 11 is 0. The lowest BCUT2D eigenvalue weighted by atomic mass is 9.99. The van der Waals surface area contributed by atoms with Crippen LogP contribution in [0.4, 0.5) is 0 Å². The van der Waals surface area contributed by atoms with Gasteiger partial charge < -0.3 is 13.6 Å². The first-order valence-corrected chi connectivity index (χ1v) is 19.0. The van der Waals surface area contributed by atoms with Crippen LogP contribution < -0.4 is 0 Å². The van der Waals surface area contributed by atoms with Crippen LogP contribution >= 0.6 is 0 Å². The number of hydrogen-bond donors (Lipinski definition) is 0. The van der Waals surface area contributed by atoms with Crippen LogP contribution in [0.1, 0.15) is 5.56 Å². The Labute approximate surface area is 325 Å². The number of furan rings is 1. The quantitative estimate of drug-likeness (QED) is 0.181. The van der Waals surface area contributed by atoms with Crippen molar-refractivity contribution in [3.05, 3.63) is 181 Å². The van der Waals surface area contributed by atoms with E-state index in [0.29, 0.717) is 11.3 Å². The Hall–Kier alpha value is -8.01. The van der Waals surface area contributed by atoms with E-state index in [0.717, 1.165) is 105 Å². The van der Waals surface area contributed by atoms with Gasteiger partial charge in [0.2, 0.25) is 0 Å². The molecular weight excluding hydrogens is 699 g/mol. The molecule has 4 aromatic heterocycles. The fraction of sp³-hybridized carbons (Fsp3) is 0. The van der Waals surface area contributed by atoms with Crippen LogP contribution in [0.2, 0.25) is 0 Å². The summed E-state index contributed by atoms with van der Waals surface area (Å²) in [6.07, 6.45) is 0. The van der Waals surface area contributed by atoms with Crippen LogP contribution in [0.15, 0.2) is 180 Å². The van der Waals surface area contributed by atoms with Crippen LogP contribution in [0.5, 0.6) is 0 Å². The Bertz CT molecular complexity index is 3640. The second-order valence-corrected chi connectivity index (χ2v) is 14.4. The zero-order valence-electron chi connectivity index (χ0n) is 30.4. The molecule has 0 fully saturated rings. The van der Waals surface area contributed by atoms with E-state index < -0.39 is 0 Å². The highest BCUT2D eigenvalue weighted by Crippen LogP contribution is 2.49. The Morgan fingerprint density at radius 2 is 1.04 bits per heavy atom. The fourth-order valence-electron chi connectivity index (χ4n) is 8.95. The summed E-state index contributed by atoms with van der Waals surface area (Å²) in [5.74, 6) is 0. The number of nitriles is 1. The van der Waals surface area contributed by atoms with Crippen LogP contribution in [-0.4, -0.2) is 19.1 Å². The Morgan fingerprint density at radius 1 is 0.474 bits per heavy atom. The van der Waals surface area contributed by atoms with Crippen molar-refractivity contribution in [1.29, 1.82) is 5.26 Å². The maximum absolute atomic E-state index is 11.0. The largest absolute Gasteiger partial charge is 0.455 e. The molecule has 0 aliphatic heterocycles. The lowest BCUT2D eigenvalue weighted by molar-refractivity contribution is 0.673. The third-order valence-corrected chi connectivity index (χ3v) is 11.3. The highest BCUT2D eigenvalue weighted by atomic mass is 16.3. The number of rotatable bonds is 4. The van der Waals surface area contributed by atoms with E-state index in [1.165, 1.54) is 0 Å². The summed E-state index contributed by atoms with van der Waals surface area (Å²) < 4.78 is 11.6. The molecule has 4 heterocycles. The summed E-state index contributed by atoms with van der Waals surface area (Å²) in [5.41, 5.74) is 13.0. The molecule has 0 saturated carbocycles. The fourth-order valence-corrected chi connectivity index (χ4v) is 8.95. The molecule has 0 aliphatic carbocycles. The van der Waals surface area contributed by atoms with E-state index in [4.69, 9.17) is 14.4 Å². The highest BCUT2D eigenvalue weighted by Gasteiger charge is 2.28. The molecule has 0 aliphatic rings.